The third-order valence-corrected chi connectivity index (χ3v) is 3.60. The van der Waals surface area contributed by atoms with Crippen LogP contribution in [0.15, 0.2) is 42.5 Å². The summed E-state index contributed by atoms with van der Waals surface area (Å²) in [4.78, 5) is 12.2. The Kier molecular flexibility index (Phi) is 7.18. The number of phenolic OH excluding ortho intramolecular Hbond substituents is 3. The molecule has 2 aromatic rings. The summed E-state index contributed by atoms with van der Waals surface area (Å²) in [5.74, 6) is -1.93. The lowest BCUT2D eigenvalue weighted by Gasteiger charge is -2.14. The van der Waals surface area contributed by atoms with E-state index in [1.807, 2.05) is 0 Å². The van der Waals surface area contributed by atoms with Crippen molar-refractivity contribution in [2.45, 2.75) is 6.10 Å². The van der Waals surface area contributed by atoms with Crippen molar-refractivity contribution in [1.82, 2.24) is 0 Å². The molecule has 0 amide bonds. The van der Waals surface area contributed by atoms with Crippen LogP contribution in [0.5, 0.6) is 23.0 Å². The van der Waals surface area contributed by atoms with E-state index in [0.717, 1.165) is 0 Å². The number of carbonyl (C=O) groups excluding carboxylic acids is 1. The zero-order chi connectivity index (χ0) is 19.8. The number of hydrogen-bond donors (Lipinski definition) is 5. The highest BCUT2D eigenvalue weighted by atomic mass is 16.7. The molecule has 0 spiro atoms. The smallest absolute Gasteiger partial charge is 0.201 e. The van der Waals surface area contributed by atoms with Gasteiger partial charge >= 0.3 is 0 Å². The Morgan fingerprint density at radius 1 is 1.04 bits per heavy atom. The van der Waals surface area contributed by atoms with E-state index in [1.165, 1.54) is 36.4 Å². The van der Waals surface area contributed by atoms with Crippen LogP contribution in [-0.4, -0.2) is 57.4 Å². The lowest BCUT2D eigenvalue weighted by Crippen LogP contribution is -2.24. The van der Waals surface area contributed by atoms with Crippen molar-refractivity contribution < 1.29 is 39.8 Å². The van der Waals surface area contributed by atoms with Gasteiger partial charge in [0.1, 0.15) is 11.9 Å². The Labute approximate surface area is 155 Å². The molecule has 8 nitrogen and oxygen atoms in total. The summed E-state index contributed by atoms with van der Waals surface area (Å²) in [6.45, 7) is -1.20. The molecule has 0 aliphatic rings. The van der Waals surface area contributed by atoms with E-state index < -0.39 is 36.6 Å². The standard InChI is InChI=1S/C19H20O8/c20-9-14(10-21)26-11-27-17-7-5-15(18(24)19(17)25)16(23)6-4-12-2-1-3-13(22)8-12/h1-8,14,20-22,24-25H,9-11H2/b6-4+. The summed E-state index contributed by atoms with van der Waals surface area (Å²) in [5.41, 5.74) is 0.451. The van der Waals surface area contributed by atoms with Crippen molar-refractivity contribution in [3.8, 4) is 23.0 Å². The maximum atomic E-state index is 12.2. The van der Waals surface area contributed by atoms with Crippen LogP contribution in [0.1, 0.15) is 15.9 Å². The lowest BCUT2D eigenvalue weighted by atomic mass is 10.1. The Balaban J connectivity index is 2.08. The van der Waals surface area contributed by atoms with E-state index in [-0.39, 0.29) is 23.9 Å². The number of hydrogen-bond acceptors (Lipinski definition) is 8. The molecule has 5 N–H and O–H groups in total. The van der Waals surface area contributed by atoms with Crippen LogP contribution in [0.2, 0.25) is 0 Å². The van der Waals surface area contributed by atoms with Gasteiger partial charge in [-0.2, -0.15) is 0 Å². The van der Waals surface area contributed by atoms with Crippen LogP contribution in [0.25, 0.3) is 6.08 Å². The summed E-state index contributed by atoms with van der Waals surface area (Å²) in [6.07, 6.45) is 1.82. The number of aromatic hydroxyl groups is 3. The van der Waals surface area contributed by atoms with Crippen LogP contribution >= 0.6 is 0 Å². The van der Waals surface area contributed by atoms with E-state index in [2.05, 4.69) is 0 Å². The van der Waals surface area contributed by atoms with Crippen molar-refractivity contribution in [2.24, 2.45) is 0 Å². The summed E-state index contributed by atoms with van der Waals surface area (Å²) in [7, 11) is 0. The quantitative estimate of drug-likeness (QED) is 0.192. The van der Waals surface area contributed by atoms with E-state index in [1.54, 1.807) is 12.1 Å². The van der Waals surface area contributed by atoms with Gasteiger partial charge in [-0.3, -0.25) is 4.79 Å². The number of benzene rings is 2. The number of phenols is 3. The zero-order valence-electron chi connectivity index (χ0n) is 14.3. The minimum atomic E-state index is -0.829. The molecule has 0 atom stereocenters. The Bertz CT molecular complexity index is 811. The zero-order valence-corrected chi connectivity index (χ0v) is 14.3. The molecule has 0 saturated heterocycles. The number of aliphatic hydroxyl groups is 2. The van der Waals surface area contributed by atoms with Gasteiger partial charge in [-0.05, 0) is 35.9 Å². The Hall–Kier alpha value is -3.07. The van der Waals surface area contributed by atoms with E-state index in [4.69, 9.17) is 19.7 Å². The van der Waals surface area contributed by atoms with Crippen LogP contribution in [0, 0.1) is 0 Å². The van der Waals surface area contributed by atoms with E-state index in [0.29, 0.717) is 5.56 Å². The average Bonchev–Trinajstić information content (AvgIpc) is 2.66. The topological polar surface area (TPSA) is 137 Å². The normalized spacial score (nSPS) is 11.2. The molecule has 0 radical (unpaired) electrons. The van der Waals surface area contributed by atoms with E-state index in [9.17, 15) is 20.1 Å². The fourth-order valence-electron chi connectivity index (χ4n) is 2.12. The molecule has 2 aromatic carbocycles. The highest BCUT2D eigenvalue weighted by Gasteiger charge is 2.17. The number of ether oxygens (including phenoxy) is 2. The maximum Gasteiger partial charge on any atom is 0.201 e. The molecule has 144 valence electrons. The Morgan fingerprint density at radius 2 is 1.78 bits per heavy atom. The molecular weight excluding hydrogens is 356 g/mol. The van der Waals surface area contributed by atoms with Crippen LogP contribution in [-0.2, 0) is 4.74 Å². The number of allylic oxidation sites excluding steroid dienone is 1. The fourth-order valence-corrected chi connectivity index (χ4v) is 2.12. The minimum Gasteiger partial charge on any atom is -0.508 e. The number of ketones is 1. The SMILES string of the molecule is O=C(/C=C/c1cccc(O)c1)c1ccc(OCOC(CO)CO)c(O)c1O. The van der Waals surface area contributed by atoms with Gasteiger partial charge in [-0.1, -0.05) is 18.2 Å². The maximum absolute atomic E-state index is 12.2. The second kappa shape index (κ2) is 9.58. The van der Waals surface area contributed by atoms with Crippen molar-refractivity contribution in [3.05, 3.63) is 53.6 Å². The van der Waals surface area contributed by atoms with Crippen LogP contribution in [0.4, 0.5) is 0 Å². The molecule has 27 heavy (non-hydrogen) atoms. The summed E-state index contributed by atoms with van der Waals surface area (Å²) in [5, 5.41) is 47.2. The van der Waals surface area contributed by atoms with Gasteiger partial charge in [-0.25, -0.2) is 0 Å². The number of carbonyl (C=O) groups is 1. The van der Waals surface area contributed by atoms with Crippen LogP contribution in [0.3, 0.4) is 0 Å². The van der Waals surface area contributed by atoms with Gasteiger partial charge in [0.05, 0.1) is 18.8 Å². The molecule has 0 aromatic heterocycles. The molecule has 2 rings (SSSR count). The largest absolute Gasteiger partial charge is 0.508 e. The molecule has 0 unspecified atom stereocenters. The van der Waals surface area contributed by atoms with Gasteiger partial charge in [0.2, 0.25) is 5.75 Å². The van der Waals surface area contributed by atoms with Gasteiger partial charge in [0.15, 0.2) is 24.1 Å². The molecule has 0 aliphatic carbocycles. The third-order valence-electron chi connectivity index (χ3n) is 3.60. The predicted octanol–water partition coefficient (Wildman–Crippen LogP) is 1.41. The number of aliphatic hydroxyl groups excluding tert-OH is 2. The highest BCUT2D eigenvalue weighted by molar-refractivity contribution is 6.09. The molecule has 8 heteroatoms. The lowest BCUT2D eigenvalue weighted by molar-refractivity contribution is -0.0769. The van der Waals surface area contributed by atoms with E-state index >= 15 is 0 Å². The average molecular weight is 376 g/mol. The monoisotopic (exact) mass is 376 g/mol. The van der Waals surface area contributed by atoms with Crippen LogP contribution < -0.4 is 4.74 Å². The Morgan fingerprint density at radius 3 is 2.44 bits per heavy atom. The second-order valence-electron chi connectivity index (χ2n) is 5.52. The molecule has 0 heterocycles. The van der Waals surface area contributed by atoms with Gasteiger partial charge in [0, 0.05) is 0 Å². The minimum absolute atomic E-state index is 0.0541. The molecule has 0 bridgehead atoms. The number of rotatable bonds is 9. The van der Waals surface area contributed by atoms with Crippen molar-refractivity contribution in [1.29, 1.82) is 0 Å². The van der Waals surface area contributed by atoms with Crippen molar-refractivity contribution >= 4 is 11.9 Å². The fraction of sp³-hybridized carbons (Fsp3) is 0.211. The summed E-state index contributed by atoms with van der Waals surface area (Å²) in [6, 6.07) is 8.81. The first-order valence-corrected chi connectivity index (χ1v) is 7.98. The van der Waals surface area contributed by atoms with Crippen molar-refractivity contribution in [2.75, 3.05) is 20.0 Å². The van der Waals surface area contributed by atoms with Gasteiger partial charge in [0.25, 0.3) is 0 Å². The molecule has 0 aliphatic heterocycles. The second-order valence-corrected chi connectivity index (χ2v) is 5.52. The van der Waals surface area contributed by atoms with Gasteiger partial charge in [-0.15, -0.1) is 0 Å². The first-order chi connectivity index (χ1) is 13.0. The summed E-state index contributed by atoms with van der Waals surface area (Å²) < 4.78 is 10.1. The summed E-state index contributed by atoms with van der Waals surface area (Å²) >= 11 is 0. The first-order valence-electron chi connectivity index (χ1n) is 7.98. The predicted molar refractivity (Wildman–Crippen MR) is 95.8 cm³/mol. The molecular formula is C19H20O8. The van der Waals surface area contributed by atoms with Crippen molar-refractivity contribution in [3.63, 3.8) is 0 Å². The third kappa shape index (κ3) is 5.45. The first kappa shape index (κ1) is 20.2. The highest BCUT2D eigenvalue weighted by Crippen LogP contribution is 2.38. The van der Waals surface area contributed by atoms with Gasteiger partial charge < -0.3 is 35.0 Å². The molecule has 0 fully saturated rings. The molecule has 0 saturated carbocycles.